The molecule has 2 fully saturated rings. The monoisotopic (exact) mass is 282 g/mol. The van der Waals surface area contributed by atoms with E-state index in [4.69, 9.17) is 0 Å². The van der Waals surface area contributed by atoms with Crippen LogP contribution in [0.4, 0.5) is 0 Å². The molecule has 3 heteroatoms. The summed E-state index contributed by atoms with van der Waals surface area (Å²) in [5.74, 6) is 1.44. The summed E-state index contributed by atoms with van der Waals surface area (Å²) in [5.41, 5.74) is -0.0560. The van der Waals surface area contributed by atoms with E-state index in [1.54, 1.807) is 0 Å². The van der Waals surface area contributed by atoms with Crippen LogP contribution in [0.3, 0.4) is 0 Å². The third kappa shape index (κ3) is 3.96. The first-order valence-corrected chi connectivity index (χ1v) is 8.65. The Labute approximate surface area is 125 Å². The summed E-state index contributed by atoms with van der Waals surface area (Å²) < 4.78 is 0. The fourth-order valence-electron chi connectivity index (χ4n) is 3.75. The summed E-state index contributed by atoms with van der Waals surface area (Å²) in [6, 6.07) is 0.756. The normalized spacial score (nSPS) is 23.7. The maximum atomic E-state index is 9.97. The fourth-order valence-corrected chi connectivity index (χ4v) is 3.75. The molecule has 0 aromatic rings. The summed E-state index contributed by atoms with van der Waals surface area (Å²) in [5, 5.41) is 13.4. The Morgan fingerprint density at radius 1 is 1.20 bits per heavy atom. The molecule has 3 nitrogen and oxygen atoms in total. The van der Waals surface area contributed by atoms with Crippen molar-refractivity contribution < 1.29 is 5.11 Å². The van der Waals surface area contributed by atoms with Crippen molar-refractivity contribution in [3.05, 3.63) is 0 Å². The molecule has 2 N–H and O–H groups in total. The number of rotatable bonds is 9. The first-order chi connectivity index (χ1) is 9.61. The molecule has 0 aromatic carbocycles. The van der Waals surface area contributed by atoms with Crippen molar-refractivity contribution in [2.45, 2.75) is 70.4 Å². The molecule has 0 aromatic heterocycles. The Balaban J connectivity index is 2.00. The lowest BCUT2D eigenvalue weighted by Crippen LogP contribution is -2.58. The van der Waals surface area contributed by atoms with Crippen molar-refractivity contribution in [1.29, 1.82) is 0 Å². The Morgan fingerprint density at radius 3 is 2.30 bits per heavy atom. The molecule has 0 heterocycles. The Kier molecular flexibility index (Phi) is 5.88. The molecule has 0 aliphatic heterocycles. The van der Waals surface area contributed by atoms with Gasteiger partial charge in [0.1, 0.15) is 0 Å². The standard InChI is InChI=1S/C17H34N2O/c1-14(2)10-11-19(16-6-4-5-7-16)12-17(13-20,18-3)15-8-9-15/h14-16,18,20H,4-13H2,1-3H3. The van der Waals surface area contributed by atoms with Crippen LogP contribution >= 0.6 is 0 Å². The zero-order chi connectivity index (χ0) is 14.6. The van der Waals surface area contributed by atoms with Crippen LogP contribution in [0.5, 0.6) is 0 Å². The molecule has 2 aliphatic carbocycles. The van der Waals surface area contributed by atoms with Gasteiger partial charge in [-0.15, -0.1) is 0 Å². The highest BCUT2D eigenvalue weighted by Crippen LogP contribution is 2.40. The molecule has 0 radical (unpaired) electrons. The maximum Gasteiger partial charge on any atom is 0.0628 e. The number of likely N-dealkylation sites (N-methyl/N-ethyl adjacent to an activating group) is 1. The molecule has 0 bridgehead atoms. The van der Waals surface area contributed by atoms with Crippen molar-refractivity contribution in [1.82, 2.24) is 10.2 Å². The highest BCUT2D eigenvalue weighted by molar-refractivity contribution is 5.03. The van der Waals surface area contributed by atoms with Crippen LogP contribution in [0.2, 0.25) is 0 Å². The summed E-state index contributed by atoms with van der Waals surface area (Å²) in [7, 11) is 2.03. The van der Waals surface area contributed by atoms with Crippen LogP contribution in [0, 0.1) is 11.8 Å². The van der Waals surface area contributed by atoms with E-state index >= 15 is 0 Å². The van der Waals surface area contributed by atoms with Gasteiger partial charge in [-0.1, -0.05) is 26.7 Å². The lowest BCUT2D eigenvalue weighted by molar-refractivity contribution is 0.0728. The highest BCUT2D eigenvalue weighted by Gasteiger charge is 2.45. The van der Waals surface area contributed by atoms with Gasteiger partial charge < -0.3 is 10.4 Å². The molecule has 118 valence electrons. The van der Waals surface area contributed by atoms with E-state index in [1.807, 2.05) is 7.05 Å². The second kappa shape index (κ2) is 7.24. The van der Waals surface area contributed by atoms with Crippen LogP contribution in [0.25, 0.3) is 0 Å². The number of nitrogens with zero attached hydrogens (tertiary/aromatic N) is 1. The molecule has 0 amide bonds. The van der Waals surface area contributed by atoms with E-state index < -0.39 is 0 Å². The van der Waals surface area contributed by atoms with Gasteiger partial charge in [-0.05, 0) is 57.5 Å². The summed E-state index contributed by atoms with van der Waals surface area (Å²) in [6.45, 7) is 7.12. The number of aliphatic hydroxyl groups excluding tert-OH is 1. The molecule has 1 unspecified atom stereocenters. The zero-order valence-electron chi connectivity index (χ0n) is 13.7. The topological polar surface area (TPSA) is 35.5 Å². The SMILES string of the molecule is CNC(CO)(CN(CCC(C)C)C1CCCC1)C1CC1. The van der Waals surface area contributed by atoms with Crippen LogP contribution < -0.4 is 5.32 Å². The van der Waals surface area contributed by atoms with Gasteiger partial charge in [0.05, 0.1) is 12.1 Å². The zero-order valence-corrected chi connectivity index (χ0v) is 13.7. The van der Waals surface area contributed by atoms with Gasteiger partial charge in [-0.25, -0.2) is 0 Å². The Morgan fingerprint density at radius 2 is 1.85 bits per heavy atom. The van der Waals surface area contributed by atoms with Crippen molar-refractivity contribution in [3.63, 3.8) is 0 Å². The summed E-state index contributed by atoms with van der Waals surface area (Å²) in [6.07, 6.45) is 9.32. The predicted octanol–water partition coefficient (Wildman–Crippen LogP) is 2.64. The van der Waals surface area contributed by atoms with Gasteiger partial charge >= 0.3 is 0 Å². The number of aliphatic hydroxyl groups is 1. The average Bonchev–Trinajstić information content (AvgIpc) is 3.15. The van der Waals surface area contributed by atoms with Crippen molar-refractivity contribution in [3.8, 4) is 0 Å². The minimum Gasteiger partial charge on any atom is -0.394 e. The van der Waals surface area contributed by atoms with Crippen molar-refractivity contribution in [2.75, 3.05) is 26.7 Å². The van der Waals surface area contributed by atoms with Crippen LogP contribution in [0.15, 0.2) is 0 Å². The third-order valence-corrected chi connectivity index (χ3v) is 5.46. The average molecular weight is 282 g/mol. The number of nitrogens with one attached hydrogen (secondary N) is 1. The van der Waals surface area contributed by atoms with Crippen LogP contribution in [-0.4, -0.2) is 48.3 Å². The molecule has 2 rings (SSSR count). The third-order valence-electron chi connectivity index (χ3n) is 5.46. The molecular weight excluding hydrogens is 248 g/mol. The molecule has 1 atom stereocenters. The fraction of sp³-hybridized carbons (Fsp3) is 1.00. The van der Waals surface area contributed by atoms with Crippen molar-refractivity contribution in [2.24, 2.45) is 11.8 Å². The smallest absolute Gasteiger partial charge is 0.0628 e. The second-order valence-electron chi connectivity index (χ2n) is 7.43. The second-order valence-corrected chi connectivity index (χ2v) is 7.43. The molecular formula is C17H34N2O. The summed E-state index contributed by atoms with van der Waals surface area (Å²) >= 11 is 0. The first-order valence-electron chi connectivity index (χ1n) is 8.65. The highest BCUT2D eigenvalue weighted by atomic mass is 16.3. The molecule has 2 aliphatic rings. The largest absolute Gasteiger partial charge is 0.394 e. The first kappa shape index (κ1) is 16.3. The van der Waals surface area contributed by atoms with E-state index in [1.165, 1.54) is 51.5 Å². The lowest BCUT2D eigenvalue weighted by Gasteiger charge is -2.40. The quantitative estimate of drug-likeness (QED) is 0.682. The van der Waals surface area contributed by atoms with E-state index in [0.717, 1.165) is 18.5 Å². The van der Waals surface area contributed by atoms with Gasteiger partial charge in [-0.2, -0.15) is 0 Å². The van der Waals surface area contributed by atoms with Gasteiger partial charge in [0.2, 0.25) is 0 Å². The van der Waals surface area contributed by atoms with E-state index in [2.05, 4.69) is 24.1 Å². The van der Waals surface area contributed by atoms with Gasteiger partial charge in [0, 0.05) is 12.6 Å². The van der Waals surface area contributed by atoms with Crippen molar-refractivity contribution >= 4 is 0 Å². The maximum absolute atomic E-state index is 9.97. The predicted molar refractivity (Wildman–Crippen MR) is 84.9 cm³/mol. The van der Waals surface area contributed by atoms with Crippen LogP contribution in [-0.2, 0) is 0 Å². The van der Waals surface area contributed by atoms with Gasteiger partial charge in [-0.3, -0.25) is 4.90 Å². The number of hydrogen-bond donors (Lipinski definition) is 2. The Bertz CT molecular complexity index is 279. The number of hydrogen-bond acceptors (Lipinski definition) is 3. The van der Waals surface area contributed by atoms with Gasteiger partial charge in [0.25, 0.3) is 0 Å². The minimum atomic E-state index is -0.0560. The minimum absolute atomic E-state index is 0.0560. The molecule has 2 saturated carbocycles. The Hall–Kier alpha value is -0.120. The lowest BCUT2D eigenvalue weighted by atomic mass is 9.92. The van der Waals surface area contributed by atoms with E-state index in [0.29, 0.717) is 5.92 Å². The summed E-state index contributed by atoms with van der Waals surface area (Å²) in [4.78, 5) is 2.69. The molecule has 20 heavy (non-hydrogen) atoms. The van der Waals surface area contributed by atoms with E-state index in [9.17, 15) is 5.11 Å². The molecule has 0 spiro atoms. The van der Waals surface area contributed by atoms with Crippen LogP contribution in [0.1, 0.15) is 58.8 Å². The molecule has 0 saturated heterocycles. The van der Waals surface area contributed by atoms with E-state index in [-0.39, 0.29) is 12.1 Å². The van der Waals surface area contributed by atoms with Gasteiger partial charge in [0.15, 0.2) is 0 Å².